The maximum Gasteiger partial charge on any atom is 0.407 e. The predicted octanol–water partition coefficient (Wildman–Crippen LogP) is 4.63. The largest absolute Gasteiger partial charge is 0.444 e. The van der Waals surface area contributed by atoms with Gasteiger partial charge in [0.15, 0.2) is 0 Å². The third kappa shape index (κ3) is 4.39. The van der Waals surface area contributed by atoms with E-state index in [1.807, 2.05) is 45.0 Å². The van der Waals surface area contributed by atoms with Crippen molar-refractivity contribution in [3.63, 3.8) is 0 Å². The van der Waals surface area contributed by atoms with Crippen molar-refractivity contribution < 1.29 is 9.53 Å². The molecule has 140 valence electrons. The van der Waals surface area contributed by atoms with E-state index >= 15 is 0 Å². The van der Waals surface area contributed by atoms with Crippen LogP contribution in [0.4, 0.5) is 10.5 Å². The fourth-order valence-electron chi connectivity index (χ4n) is 3.53. The summed E-state index contributed by atoms with van der Waals surface area (Å²) in [5.74, 6) is 0.450. The third-order valence-corrected chi connectivity index (χ3v) is 4.72. The Morgan fingerprint density at radius 3 is 2.81 bits per heavy atom. The lowest BCUT2D eigenvalue weighted by molar-refractivity contribution is 0.0495. The topological polar surface area (TPSA) is 54.5 Å². The Morgan fingerprint density at radius 2 is 2.08 bits per heavy atom. The number of nitrogens with one attached hydrogen (secondary N) is 1. The number of carbonyl (C=O) groups excluding carboxylic acids is 1. The highest BCUT2D eigenvalue weighted by Gasteiger charge is 2.28. The Labute approximate surface area is 159 Å². The zero-order valence-corrected chi connectivity index (χ0v) is 16.5. The first-order chi connectivity index (χ1) is 12.2. The molecule has 1 aliphatic heterocycles. The monoisotopic (exact) mass is 375 g/mol. The first-order valence-electron chi connectivity index (χ1n) is 9.00. The van der Waals surface area contributed by atoms with Gasteiger partial charge in [-0.15, -0.1) is 0 Å². The number of benzene rings is 1. The van der Waals surface area contributed by atoms with Crippen LogP contribution in [0.3, 0.4) is 0 Å². The molecule has 2 heterocycles. The number of hydrogen-bond donors (Lipinski definition) is 1. The molecule has 0 bridgehead atoms. The van der Waals surface area contributed by atoms with Crippen LogP contribution in [0.15, 0.2) is 30.5 Å². The molecule has 1 aromatic carbocycles. The van der Waals surface area contributed by atoms with Crippen molar-refractivity contribution in [1.82, 2.24) is 10.3 Å². The molecule has 1 N–H and O–H groups in total. The molecular weight excluding hydrogens is 350 g/mol. The van der Waals surface area contributed by atoms with E-state index in [1.165, 1.54) is 0 Å². The highest BCUT2D eigenvalue weighted by Crippen LogP contribution is 2.33. The molecule has 0 radical (unpaired) electrons. The van der Waals surface area contributed by atoms with Gasteiger partial charge in [-0.25, -0.2) is 4.79 Å². The molecule has 6 heteroatoms. The molecule has 1 aromatic heterocycles. The number of ether oxygens (including phenoxy) is 1. The quantitative estimate of drug-likeness (QED) is 0.831. The van der Waals surface area contributed by atoms with Crippen molar-refractivity contribution in [3.05, 3.63) is 35.5 Å². The lowest BCUT2D eigenvalue weighted by atomic mass is 9.95. The number of piperidine rings is 1. The van der Waals surface area contributed by atoms with E-state index in [-0.39, 0.29) is 12.1 Å². The van der Waals surface area contributed by atoms with Gasteiger partial charge in [-0.05, 0) is 57.4 Å². The number of anilines is 1. The fraction of sp³-hybridized carbons (Fsp3) is 0.500. The van der Waals surface area contributed by atoms with Gasteiger partial charge in [0, 0.05) is 36.4 Å². The summed E-state index contributed by atoms with van der Waals surface area (Å²) in [6.45, 7) is 9.47. The smallest absolute Gasteiger partial charge is 0.407 e. The van der Waals surface area contributed by atoms with E-state index in [0.29, 0.717) is 10.9 Å². The minimum absolute atomic E-state index is 0.0380. The lowest BCUT2D eigenvalue weighted by Gasteiger charge is -2.38. The van der Waals surface area contributed by atoms with Crippen LogP contribution in [-0.4, -0.2) is 35.8 Å². The fourth-order valence-corrected chi connectivity index (χ4v) is 3.74. The molecule has 0 aliphatic carbocycles. The summed E-state index contributed by atoms with van der Waals surface area (Å²) in [4.78, 5) is 18.9. The van der Waals surface area contributed by atoms with E-state index in [9.17, 15) is 4.79 Å². The molecule has 26 heavy (non-hydrogen) atoms. The summed E-state index contributed by atoms with van der Waals surface area (Å²) in [5, 5.41) is 4.70. The number of pyridine rings is 1. The number of rotatable bonds is 2. The zero-order valence-electron chi connectivity index (χ0n) is 15.8. The number of hydrogen-bond acceptors (Lipinski definition) is 4. The van der Waals surface area contributed by atoms with Gasteiger partial charge in [-0.2, -0.15) is 0 Å². The van der Waals surface area contributed by atoms with Crippen LogP contribution in [0.5, 0.6) is 0 Å². The van der Waals surface area contributed by atoms with Crippen molar-refractivity contribution in [1.29, 1.82) is 0 Å². The van der Waals surface area contributed by atoms with Gasteiger partial charge in [-0.3, -0.25) is 4.98 Å². The molecule has 5 nitrogen and oxygen atoms in total. The molecule has 2 atom stereocenters. The van der Waals surface area contributed by atoms with E-state index in [4.69, 9.17) is 16.3 Å². The minimum Gasteiger partial charge on any atom is -0.444 e. The minimum atomic E-state index is -0.498. The zero-order chi connectivity index (χ0) is 18.9. The molecular formula is C20H26ClN3O2. The summed E-state index contributed by atoms with van der Waals surface area (Å²) in [6, 6.07) is 7.93. The Bertz CT molecular complexity index is 803. The maximum absolute atomic E-state index is 12.2. The van der Waals surface area contributed by atoms with Gasteiger partial charge < -0.3 is 15.0 Å². The first kappa shape index (κ1) is 18.8. The van der Waals surface area contributed by atoms with Crippen molar-refractivity contribution in [2.75, 3.05) is 18.0 Å². The summed E-state index contributed by atoms with van der Waals surface area (Å²) in [5.41, 5.74) is 1.41. The summed E-state index contributed by atoms with van der Waals surface area (Å²) < 4.78 is 5.41. The van der Waals surface area contributed by atoms with Crippen molar-refractivity contribution in [3.8, 4) is 0 Å². The molecule has 1 amide bonds. The van der Waals surface area contributed by atoms with Crippen LogP contribution in [-0.2, 0) is 4.74 Å². The highest BCUT2D eigenvalue weighted by atomic mass is 35.5. The van der Waals surface area contributed by atoms with E-state index in [1.54, 1.807) is 6.20 Å². The molecule has 0 unspecified atom stereocenters. The van der Waals surface area contributed by atoms with Gasteiger partial charge in [0.2, 0.25) is 0 Å². The molecule has 0 spiro atoms. The van der Waals surface area contributed by atoms with Gasteiger partial charge in [0.05, 0.1) is 10.5 Å². The Hall–Kier alpha value is -2.01. The van der Waals surface area contributed by atoms with Crippen molar-refractivity contribution in [2.24, 2.45) is 5.92 Å². The molecule has 1 aliphatic rings. The number of alkyl carbamates (subject to hydrolysis) is 1. The molecule has 1 saturated heterocycles. The standard InChI is InChI=1S/C20H26ClN3O2/c1-13-10-14(23-19(25)26-20(2,3)4)12-24(11-13)17-8-7-16(21)18-15(17)6-5-9-22-18/h5-9,13-14H,10-12H2,1-4H3,(H,23,25)/t13-,14+/m0/s1. The normalized spacial score (nSPS) is 20.9. The van der Waals surface area contributed by atoms with E-state index in [0.717, 1.165) is 36.1 Å². The molecule has 0 saturated carbocycles. The number of amides is 1. The van der Waals surface area contributed by atoms with Gasteiger partial charge in [-0.1, -0.05) is 18.5 Å². The second kappa shape index (κ2) is 7.31. The van der Waals surface area contributed by atoms with Crippen LogP contribution >= 0.6 is 11.6 Å². The van der Waals surface area contributed by atoms with Crippen molar-refractivity contribution in [2.45, 2.75) is 45.8 Å². The molecule has 2 aromatic rings. The van der Waals surface area contributed by atoms with Crippen LogP contribution in [0.2, 0.25) is 5.02 Å². The predicted molar refractivity (Wildman–Crippen MR) is 106 cm³/mol. The summed E-state index contributed by atoms with van der Waals surface area (Å²) in [7, 11) is 0. The highest BCUT2D eigenvalue weighted by molar-refractivity contribution is 6.35. The summed E-state index contributed by atoms with van der Waals surface area (Å²) in [6.07, 6.45) is 2.32. The lowest BCUT2D eigenvalue weighted by Crippen LogP contribution is -2.51. The molecule has 1 fully saturated rings. The second-order valence-corrected chi connectivity index (χ2v) is 8.46. The summed E-state index contributed by atoms with van der Waals surface area (Å²) >= 11 is 6.30. The Morgan fingerprint density at radius 1 is 1.31 bits per heavy atom. The van der Waals surface area contributed by atoms with Gasteiger partial charge >= 0.3 is 6.09 Å². The number of nitrogens with zero attached hydrogens (tertiary/aromatic N) is 2. The Balaban J connectivity index is 1.81. The van der Waals surface area contributed by atoms with Gasteiger partial charge in [0.25, 0.3) is 0 Å². The SMILES string of the molecule is C[C@H]1C[C@@H](NC(=O)OC(C)(C)C)CN(c2ccc(Cl)c3ncccc23)C1. The van der Waals surface area contributed by atoms with Gasteiger partial charge in [0.1, 0.15) is 5.60 Å². The van der Waals surface area contributed by atoms with Crippen LogP contribution in [0.1, 0.15) is 34.1 Å². The third-order valence-electron chi connectivity index (χ3n) is 4.42. The van der Waals surface area contributed by atoms with E-state index < -0.39 is 5.60 Å². The van der Waals surface area contributed by atoms with E-state index in [2.05, 4.69) is 22.1 Å². The Kier molecular flexibility index (Phi) is 5.28. The number of halogens is 1. The van der Waals surface area contributed by atoms with Crippen LogP contribution < -0.4 is 10.2 Å². The average molecular weight is 376 g/mol. The molecule has 3 rings (SSSR count). The average Bonchev–Trinajstić information content (AvgIpc) is 2.53. The number of aromatic nitrogens is 1. The number of carbonyl (C=O) groups is 1. The maximum atomic E-state index is 12.2. The first-order valence-corrected chi connectivity index (χ1v) is 9.38. The van der Waals surface area contributed by atoms with Crippen LogP contribution in [0.25, 0.3) is 10.9 Å². The van der Waals surface area contributed by atoms with Crippen LogP contribution in [0, 0.1) is 5.92 Å². The van der Waals surface area contributed by atoms with Crippen molar-refractivity contribution >= 4 is 34.3 Å². The second-order valence-electron chi connectivity index (χ2n) is 8.06. The number of fused-ring (bicyclic) bond motifs is 1.